The van der Waals surface area contributed by atoms with Crippen molar-refractivity contribution in [3.05, 3.63) is 75.8 Å². The predicted molar refractivity (Wildman–Crippen MR) is 119 cm³/mol. The van der Waals surface area contributed by atoms with E-state index >= 15 is 0 Å². The van der Waals surface area contributed by atoms with Gasteiger partial charge < -0.3 is 14.6 Å². The van der Waals surface area contributed by atoms with Crippen molar-refractivity contribution in [3.8, 4) is 0 Å². The summed E-state index contributed by atoms with van der Waals surface area (Å²) in [4.78, 5) is 53.2. The van der Waals surface area contributed by atoms with Gasteiger partial charge in [-0.05, 0) is 24.3 Å². The van der Waals surface area contributed by atoms with Gasteiger partial charge in [-0.15, -0.1) is 0 Å². The second kappa shape index (κ2) is 9.04. The number of aliphatic hydroxyl groups is 1. The lowest BCUT2D eigenvalue weighted by Crippen LogP contribution is -2.67. The maximum atomic E-state index is 13.5. The smallest absolute Gasteiger partial charge is 0.352 e. The summed E-state index contributed by atoms with van der Waals surface area (Å²) in [7, 11) is 1.13. The zero-order valence-corrected chi connectivity index (χ0v) is 18.2. The van der Waals surface area contributed by atoms with Crippen molar-refractivity contribution in [2.45, 2.75) is 5.66 Å². The number of morpholine rings is 1. The van der Waals surface area contributed by atoms with E-state index in [9.17, 15) is 29.6 Å². The number of benzene rings is 2. The summed E-state index contributed by atoms with van der Waals surface area (Å²) in [6.07, 6.45) is 0. The zero-order chi connectivity index (χ0) is 24.5. The fraction of sp³-hybridized carbons (Fsp3) is 0.261. The van der Waals surface area contributed by atoms with Crippen LogP contribution in [0.3, 0.4) is 0 Å². The van der Waals surface area contributed by atoms with Crippen LogP contribution in [0.4, 0.5) is 11.4 Å². The number of carbonyl (C=O) groups is 3. The quantitative estimate of drug-likeness (QED) is 0.174. The van der Waals surface area contributed by atoms with E-state index in [1.54, 1.807) is 35.2 Å². The number of carbonyl (C=O) groups excluding carboxylic acids is 3. The largest absolute Gasteiger partial charge is 0.507 e. The molecule has 0 aromatic heterocycles. The van der Waals surface area contributed by atoms with E-state index in [0.717, 1.165) is 24.1 Å². The van der Waals surface area contributed by atoms with E-state index in [1.165, 1.54) is 12.1 Å². The molecule has 2 fully saturated rings. The number of hydrogen-bond acceptors (Lipinski definition) is 9. The normalized spacial score (nSPS) is 22.6. The number of ether oxygens (including phenoxy) is 2. The zero-order valence-electron chi connectivity index (χ0n) is 18.2. The topological polar surface area (TPSA) is 140 Å². The number of amides is 1. The molecular formula is C23H21N3O8. The molecule has 2 aliphatic heterocycles. The summed E-state index contributed by atoms with van der Waals surface area (Å²) in [6, 6.07) is 12.9. The maximum Gasteiger partial charge on any atom is 0.352 e. The minimum absolute atomic E-state index is 0.0261. The highest BCUT2D eigenvalue weighted by Gasteiger charge is 2.66. The Labute approximate surface area is 193 Å². The lowest BCUT2D eigenvalue weighted by atomic mass is 9.92. The molecule has 34 heavy (non-hydrogen) atoms. The molecule has 11 nitrogen and oxygen atoms in total. The average Bonchev–Trinajstić information content (AvgIpc) is 3.11. The fourth-order valence-corrected chi connectivity index (χ4v) is 4.32. The van der Waals surface area contributed by atoms with E-state index in [-0.39, 0.29) is 43.2 Å². The van der Waals surface area contributed by atoms with Crippen molar-refractivity contribution in [1.29, 1.82) is 0 Å². The predicted octanol–water partition coefficient (Wildman–Crippen LogP) is 1.68. The number of esters is 1. The van der Waals surface area contributed by atoms with Crippen LogP contribution in [0.25, 0.3) is 5.76 Å². The Kier molecular flexibility index (Phi) is 6.14. The summed E-state index contributed by atoms with van der Waals surface area (Å²) in [5.41, 5.74) is -2.54. The molecule has 1 amide bonds. The van der Waals surface area contributed by atoms with Gasteiger partial charge in [0, 0.05) is 36.5 Å². The van der Waals surface area contributed by atoms with Crippen LogP contribution < -0.4 is 4.90 Å². The van der Waals surface area contributed by atoms with E-state index in [1.807, 2.05) is 0 Å². The summed E-state index contributed by atoms with van der Waals surface area (Å²) < 4.78 is 10.5. The monoisotopic (exact) mass is 467 g/mol. The third-order valence-electron chi connectivity index (χ3n) is 5.84. The molecular weight excluding hydrogens is 446 g/mol. The van der Waals surface area contributed by atoms with Gasteiger partial charge in [-0.2, -0.15) is 0 Å². The number of hydrogen-bond donors (Lipinski definition) is 1. The lowest BCUT2D eigenvalue weighted by Gasteiger charge is -2.45. The fourth-order valence-electron chi connectivity index (χ4n) is 4.32. The first-order valence-corrected chi connectivity index (χ1v) is 10.4. The highest BCUT2D eigenvalue weighted by Crippen LogP contribution is 2.44. The van der Waals surface area contributed by atoms with Gasteiger partial charge in [0.1, 0.15) is 11.3 Å². The van der Waals surface area contributed by atoms with Crippen LogP contribution in [0, 0.1) is 10.1 Å². The van der Waals surface area contributed by atoms with Crippen molar-refractivity contribution >= 4 is 34.8 Å². The van der Waals surface area contributed by atoms with Crippen LogP contribution in [0.1, 0.15) is 5.56 Å². The molecule has 0 spiro atoms. The maximum absolute atomic E-state index is 13.5. The molecule has 1 unspecified atom stereocenters. The molecule has 0 radical (unpaired) electrons. The van der Waals surface area contributed by atoms with E-state index in [2.05, 4.69) is 0 Å². The second-order valence-corrected chi connectivity index (χ2v) is 7.60. The first-order chi connectivity index (χ1) is 16.3. The number of para-hydroxylation sites is 1. The van der Waals surface area contributed by atoms with Crippen molar-refractivity contribution in [1.82, 2.24) is 4.90 Å². The minimum atomic E-state index is -2.11. The molecule has 0 aliphatic carbocycles. The van der Waals surface area contributed by atoms with Crippen LogP contribution in [0.15, 0.2) is 60.2 Å². The number of nitro benzene ring substituents is 1. The number of nitro groups is 1. The Bertz CT molecular complexity index is 1170. The third-order valence-corrected chi connectivity index (χ3v) is 5.84. The SMILES string of the molecule is COC(=O)C1(N2CCOCC2)C(=C(O)c2ccc([N+](=O)[O-])cc2)C(=O)C(=O)N1c1ccccc1. The van der Waals surface area contributed by atoms with Gasteiger partial charge in [0.2, 0.25) is 5.66 Å². The highest BCUT2D eigenvalue weighted by molar-refractivity contribution is 6.54. The summed E-state index contributed by atoms with van der Waals surface area (Å²) >= 11 is 0. The third kappa shape index (κ3) is 3.51. The number of non-ortho nitro benzene ring substituents is 1. The average molecular weight is 467 g/mol. The highest BCUT2D eigenvalue weighted by atomic mass is 16.6. The molecule has 0 bridgehead atoms. The van der Waals surface area contributed by atoms with Crippen LogP contribution in [-0.2, 0) is 23.9 Å². The summed E-state index contributed by atoms with van der Waals surface area (Å²) in [5.74, 6) is -3.70. The molecule has 2 heterocycles. The Morgan fingerprint density at radius 1 is 1.09 bits per heavy atom. The standard InChI is InChI=1S/C23H21N3O8/c1-33-22(30)23(24-11-13-34-14-12-24)18(19(27)15-7-9-17(10-8-15)26(31)32)20(28)21(29)25(23)16-5-3-2-4-6-16/h2-10,27H,11-14H2,1H3. The Morgan fingerprint density at radius 2 is 1.71 bits per heavy atom. The van der Waals surface area contributed by atoms with Crippen LogP contribution in [-0.4, -0.2) is 71.7 Å². The molecule has 2 aromatic rings. The van der Waals surface area contributed by atoms with Crippen molar-refractivity contribution < 1.29 is 33.9 Å². The van der Waals surface area contributed by atoms with E-state index < -0.39 is 39.6 Å². The Morgan fingerprint density at radius 3 is 2.26 bits per heavy atom. The van der Waals surface area contributed by atoms with Gasteiger partial charge in [-0.25, -0.2) is 4.79 Å². The van der Waals surface area contributed by atoms with Crippen LogP contribution >= 0.6 is 0 Å². The van der Waals surface area contributed by atoms with Crippen molar-refractivity contribution in [3.63, 3.8) is 0 Å². The first kappa shape index (κ1) is 23.1. The molecule has 1 N–H and O–H groups in total. The van der Waals surface area contributed by atoms with Gasteiger partial charge in [0.15, 0.2) is 0 Å². The second-order valence-electron chi connectivity index (χ2n) is 7.60. The molecule has 2 aliphatic rings. The molecule has 2 aromatic carbocycles. The van der Waals surface area contributed by atoms with Crippen molar-refractivity contribution in [2.24, 2.45) is 0 Å². The first-order valence-electron chi connectivity index (χ1n) is 10.4. The summed E-state index contributed by atoms with van der Waals surface area (Å²) in [5, 5.41) is 22.3. The minimum Gasteiger partial charge on any atom is -0.507 e. The van der Waals surface area contributed by atoms with Gasteiger partial charge >= 0.3 is 11.9 Å². The number of aliphatic hydroxyl groups excluding tert-OH is 1. The van der Waals surface area contributed by atoms with Crippen LogP contribution in [0.2, 0.25) is 0 Å². The Hall–Kier alpha value is -4.09. The molecule has 0 saturated carbocycles. The number of nitrogens with zero attached hydrogens (tertiary/aromatic N) is 3. The molecule has 176 valence electrons. The number of ketones is 1. The molecule has 1 atom stereocenters. The molecule has 4 rings (SSSR count). The molecule has 11 heteroatoms. The Balaban J connectivity index is 2.02. The molecule has 2 saturated heterocycles. The van der Waals surface area contributed by atoms with Gasteiger partial charge in [0.05, 0.1) is 25.2 Å². The van der Waals surface area contributed by atoms with Gasteiger partial charge in [-0.3, -0.25) is 29.5 Å². The van der Waals surface area contributed by atoms with Crippen LogP contribution in [0.5, 0.6) is 0 Å². The van der Waals surface area contributed by atoms with Gasteiger partial charge in [0.25, 0.3) is 11.5 Å². The number of methoxy groups -OCH3 is 1. The number of anilines is 1. The summed E-state index contributed by atoms with van der Waals surface area (Å²) in [6.45, 7) is 0.761. The van der Waals surface area contributed by atoms with E-state index in [4.69, 9.17) is 9.47 Å². The van der Waals surface area contributed by atoms with E-state index in [0.29, 0.717) is 0 Å². The lowest BCUT2D eigenvalue weighted by molar-refractivity contribution is -0.384. The van der Waals surface area contributed by atoms with Crippen molar-refractivity contribution in [2.75, 3.05) is 38.3 Å². The van der Waals surface area contributed by atoms with Gasteiger partial charge in [-0.1, -0.05) is 18.2 Å². The number of rotatable bonds is 5. The number of Topliss-reactive ketones (excluding diaryl/α,β-unsaturated/α-hetero) is 1.